The Kier molecular flexibility index (Phi) is 4.50. The maximum absolute atomic E-state index is 12.6. The van der Waals surface area contributed by atoms with Crippen molar-refractivity contribution < 1.29 is 18.7 Å². The zero-order chi connectivity index (χ0) is 19.0. The summed E-state index contributed by atoms with van der Waals surface area (Å²) in [5.41, 5.74) is 2.27. The monoisotopic (exact) mass is 380 g/mol. The van der Waals surface area contributed by atoms with Gasteiger partial charge >= 0.3 is 0 Å². The Balaban J connectivity index is 1.57. The van der Waals surface area contributed by atoms with Crippen molar-refractivity contribution >= 4 is 23.5 Å². The molecule has 3 aromatic rings. The lowest BCUT2D eigenvalue weighted by Crippen LogP contribution is -1.98. The first kappa shape index (κ1) is 17.4. The largest absolute Gasteiger partial charge is 0.488 e. The molecule has 0 unspecified atom stereocenters. The van der Waals surface area contributed by atoms with Gasteiger partial charge in [0.1, 0.15) is 29.6 Å². The molecule has 0 aliphatic carbocycles. The van der Waals surface area contributed by atoms with E-state index < -0.39 is 0 Å². The van der Waals surface area contributed by atoms with Crippen LogP contribution in [0.2, 0.25) is 5.02 Å². The average molecular weight is 381 g/mol. The highest BCUT2D eigenvalue weighted by Gasteiger charge is 2.30. The third kappa shape index (κ3) is 3.49. The van der Waals surface area contributed by atoms with Crippen molar-refractivity contribution in [3.63, 3.8) is 0 Å². The van der Waals surface area contributed by atoms with Crippen molar-refractivity contribution in [2.24, 2.45) is 0 Å². The van der Waals surface area contributed by atoms with E-state index in [0.717, 1.165) is 16.9 Å². The number of ether oxygens (including phenoxy) is 2. The van der Waals surface area contributed by atoms with E-state index in [-0.39, 0.29) is 11.5 Å². The van der Waals surface area contributed by atoms with E-state index in [9.17, 15) is 4.79 Å². The number of fused-ring (bicyclic) bond motifs is 1. The van der Waals surface area contributed by atoms with E-state index in [2.05, 4.69) is 0 Å². The van der Waals surface area contributed by atoms with Crippen LogP contribution < -0.4 is 9.47 Å². The fraction of sp³-hybridized carbons (Fsp3) is 0.136. The molecule has 0 spiro atoms. The molecular formula is C22H17ClO4. The van der Waals surface area contributed by atoms with E-state index in [4.69, 9.17) is 25.5 Å². The SMILES string of the molecule is Cc1ccc(/C=C2\Oc3c(ccc(OCc4cccc(Cl)c4)c3C)C2=O)o1. The second-order valence-electron chi connectivity index (χ2n) is 6.37. The molecule has 1 aliphatic rings. The Morgan fingerprint density at radius 2 is 1.96 bits per heavy atom. The van der Waals surface area contributed by atoms with Gasteiger partial charge in [0.05, 0.1) is 5.56 Å². The number of aryl methyl sites for hydroxylation is 1. The minimum absolute atomic E-state index is 0.163. The van der Waals surface area contributed by atoms with E-state index in [1.54, 1.807) is 24.3 Å². The van der Waals surface area contributed by atoms with Crippen LogP contribution in [0.3, 0.4) is 0 Å². The standard InChI is InChI=1S/C22H17ClO4/c1-13-6-7-17(26-13)11-20-21(24)18-8-9-19(14(2)22(18)27-20)25-12-15-4-3-5-16(23)10-15/h3-11H,12H2,1-2H3/b20-11-. The van der Waals surface area contributed by atoms with Gasteiger partial charge in [0.25, 0.3) is 0 Å². The summed E-state index contributed by atoms with van der Waals surface area (Å²) in [6, 6.07) is 14.7. The van der Waals surface area contributed by atoms with Crippen LogP contribution in [-0.4, -0.2) is 5.78 Å². The zero-order valence-electron chi connectivity index (χ0n) is 14.9. The summed E-state index contributed by atoms with van der Waals surface area (Å²) in [5.74, 6) is 2.63. The molecule has 0 atom stereocenters. The highest BCUT2D eigenvalue weighted by molar-refractivity contribution is 6.30. The minimum Gasteiger partial charge on any atom is -0.488 e. The average Bonchev–Trinajstić information content (AvgIpc) is 3.19. The molecule has 1 aliphatic heterocycles. The number of carbonyl (C=O) groups is 1. The van der Waals surface area contributed by atoms with Crippen LogP contribution in [0.4, 0.5) is 0 Å². The van der Waals surface area contributed by atoms with E-state index in [1.807, 2.05) is 44.2 Å². The van der Waals surface area contributed by atoms with Gasteiger partial charge in [-0.15, -0.1) is 0 Å². The van der Waals surface area contributed by atoms with Gasteiger partial charge in [-0.05, 0) is 55.8 Å². The highest BCUT2D eigenvalue weighted by atomic mass is 35.5. The van der Waals surface area contributed by atoms with Crippen LogP contribution in [0.15, 0.2) is 58.7 Å². The lowest BCUT2D eigenvalue weighted by atomic mass is 10.1. The van der Waals surface area contributed by atoms with Gasteiger partial charge in [0, 0.05) is 16.7 Å². The smallest absolute Gasteiger partial charge is 0.232 e. The number of benzene rings is 2. The molecule has 0 N–H and O–H groups in total. The minimum atomic E-state index is -0.163. The first-order valence-electron chi connectivity index (χ1n) is 8.53. The number of Topliss-reactive ketones (excluding diaryl/α,β-unsaturated/α-hetero) is 1. The number of hydrogen-bond donors (Lipinski definition) is 0. The van der Waals surface area contributed by atoms with Crippen molar-refractivity contribution in [3.8, 4) is 11.5 Å². The molecule has 136 valence electrons. The second-order valence-corrected chi connectivity index (χ2v) is 6.81. The third-order valence-corrected chi connectivity index (χ3v) is 4.59. The summed E-state index contributed by atoms with van der Waals surface area (Å²) in [4.78, 5) is 12.6. The third-order valence-electron chi connectivity index (χ3n) is 4.35. The fourth-order valence-electron chi connectivity index (χ4n) is 2.97. The first-order valence-corrected chi connectivity index (χ1v) is 8.90. The highest BCUT2D eigenvalue weighted by Crippen LogP contribution is 2.39. The van der Waals surface area contributed by atoms with E-state index in [0.29, 0.717) is 34.5 Å². The lowest BCUT2D eigenvalue weighted by molar-refractivity contribution is 0.101. The number of hydrogen-bond acceptors (Lipinski definition) is 4. The summed E-state index contributed by atoms with van der Waals surface area (Å²) in [6.45, 7) is 4.10. The van der Waals surface area contributed by atoms with Crippen LogP contribution in [0.25, 0.3) is 6.08 Å². The first-order chi connectivity index (χ1) is 13.0. The Morgan fingerprint density at radius 1 is 1.11 bits per heavy atom. The van der Waals surface area contributed by atoms with Gasteiger partial charge in [-0.25, -0.2) is 0 Å². The summed E-state index contributed by atoms with van der Waals surface area (Å²) < 4.78 is 17.2. The number of ketones is 1. The number of furan rings is 1. The van der Waals surface area contributed by atoms with E-state index >= 15 is 0 Å². The normalized spacial score (nSPS) is 14.3. The van der Waals surface area contributed by atoms with Crippen molar-refractivity contribution in [2.45, 2.75) is 20.5 Å². The molecule has 0 amide bonds. The van der Waals surface area contributed by atoms with Crippen LogP contribution in [0.1, 0.15) is 33.0 Å². The Bertz CT molecular complexity index is 1060. The predicted octanol–water partition coefficient (Wildman–Crippen LogP) is 5.75. The summed E-state index contributed by atoms with van der Waals surface area (Å²) in [7, 11) is 0. The molecule has 2 heterocycles. The van der Waals surface area contributed by atoms with Gasteiger partial charge in [0.15, 0.2) is 5.76 Å². The zero-order valence-corrected chi connectivity index (χ0v) is 15.7. The van der Waals surface area contributed by atoms with Crippen molar-refractivity contribution in [2.75, 3.05) is 0 Å². The topological polar surface area (TPSA) is 48.7 Å². The molecule has 1 aromatic heterocycles. The predicted molar refractivity (Wildman–Crippen MR) is 103 cm³/mol. The molecule has 0 bridgehead atoms. The Morgan fingerprint density at radius 3 is 2.70 bits per heavy atom. The van der Waals surface area contributed by atoms with Crippen LogP contribution in [0, 0.1) is 13.8 Å². The second kappa shape index (κ2) is 6.97. The molecular weight excluding hydrogens is 364 g/mol. The van der Waals surface area contributed by atoms with E-state index in [1.165, 1.54) is 0 Å². The Hall–Kier alpha value is -2.98. The summed E-state index contributed by atoms with van der Waals surface area (Å²) >= 11 is 6.01. The molecule has 27 heavy (non-hydrogen) atoms. The molecule has 0 saturated carbocycles. The van der Waals surface area contributed by atoms with Gasteiger partial charge in [0.2, 0.25) is 5.78 Å². The quantitative estimate of drug-likeness (QED) is 0.541. The maximum Gasteiger partial charge on any atom is 0.232 e. The Labute approximate surface area is 162 Å². The molecule has 4 nitrogen and oxygen atoms in total. The van der Waals surface area contributed by atoms with Crippen molar-refractivity contribution in [1.29, 1.82) is 0 Å². The molecule has 0 saturated heterocycles. The summed E-state index contributed by atoms with van der Waals surface area (Å²) in [5, 5.41) is 0.665. The number of carbonyl (C=O) groups excluding carboxylic acids is 1. The van der Waals surface area contributed by atoms with Gasteiger partial charge < -0.3 is 13.9 Å². The lowest BCUT2D eigenvalue weighted by Gasteiger charge is -2.11. The van der Waals surface area contributed by atoms with Gasteiger partial charge in [-0.3, -0.25) is 4.79 Å². The van der Waals surface area contributed by atoms with Crippen LogP contribution in [0.5, 0.6) is 11.5 Å². The van der Waals surface area contributed by atoms with Gasteiger partial charge in [-0.2, -0.15) is 0 Å². The molecule has 0 fully saturated rings. The van der Waals surface area contributed by atoms with Crippen LogP contribution in [-0.2, 0) is 6.61 Å². The number of allylic oxidation sites excluding steroid dienone is 1. The fourth-order valence-corrected chi connectivity index (χ4v) is 3.19. The summed E-state index contributed by atoms with van der Waals surface area (Å²) in [6.07, 6.45) is 1.61. The molecule has 5 heteroatoms. The van der Waals surface area contributed by atoms with Crippen molar-refractivity contribution in [1.82, 2.24) is 0 Å². The molecule has 2 aromatic carbocycles. The number of rotatable bonds is 4. The molecule has 0 radical (unpaired) electrons. The maximum atomic E-state index is 12.6. The van der Waals surface area contributed by atoms with Crippen molar-refractivity contribution in [3.05, 3.63) is 87.5 Å². The molecule has 4 rings (SSSR count). The van der Waals surface area contributed by atoms with Gasteiger partial charge in [-0.1, -0.05) is 23.7 Å². The van der Waals surface area contributed by atoms with Crippen LogP contribution >= 0.6 is 11.6 Å². The number of halogens is 1.